The predicted molar refractivity (Wildman–Crippen MR) is 110 cm³/mol. The highest BCUT2D eigenvalue weighted by atomic mass is 16.3. The van der Waals surface area contributed by atoms with E-state index in [0.29, 0.717) is 11.5 Å². The third kappa shape index (κ3) is 3.90. The quantitative estimate of drug-likeness (QED) is 0.611. The fraction of sp³-hybridized carbons (Fsp3) is 0.500. The smallest absolute Gasteiger partial charge is 0.119 e. The van der Waals surface area contributed by atoms with Crippen molar-refractivity contribution in [3.05, 3.63) is 58.7 Å². The van der Waals surface area contributed by atoms with Crippen molar-refractivity contribution in [2.24, 2.45) is 0 Å². The molecule has 0 aliphatic heterocycles. The number of hydrogen-bond donors (Lipinski definition) is 2. The van der Waals surface area contributed by atoms with Crippen molar-refractivity contribution in [1.29, 1.82) is 0 Å². The van der Waals surface area contributed by atoms with Gasteiger partial charge in [0, 0.05) is 5.92 Å². The van der Waals surface area contributed by atoms with Crippen molar-refractivity contribution in [2.75, 3.05) is 0 Å². The summed E-state index contributed by atoms with van der Waals surface area (Å²) in [5.41, 5.74) is 4.24. The molecule has 2 nitrogen and oxygen atoms in total. The van der Waals surface area contributed by atoms with Crippen LogP contribution >= 0.6 is 0 Å². The van der Waals surface area contributed by atoms with Gasteiger partial charge >= 0.3 is 0 Å². The molecule has 0 saturated heterocycles. The summed E-state index contributed by atoms with van der Waals surface area (Å²) in [5, 5.41) is 20.7. The Balaban J connectivity index is 2.49. The molecule has 0 aromatic heterocycles. The molecule has 0 aliphatic rings. The minimum Gasteiger partial charge on any atom is -0.508 e. The van der Waals surface area contributed by atoms with E-state index in [4.69, 9.17) is 0 Å². The molecule has 2 aromatic rings. The van der Waals surface area contributed by atoms with Gasteiger partial charge in [-0.25, -0.2) is 0 Å². The fourth-order valence-corrected chi connectivity index (χ4v) is 3.30. The summed E-state index contributed by atoms with van der Waals surface area (Å²) in [4.78, 5) is 0. The molecule has 2 aromatic carbocycles. The molecule has 0 aliphatic carbocycles. The highest BCUT2D eigenvalue weighted by Gasteiger charge is 2.25. The van der Waals surface area contributed by atoms with E-state index >= 15 is 0 Å². The Morgan fingerprint density at radius 2 is 1.08 bits per heavy atom. The van der Waals surface area contributed by atoms with Crippen molar-refractivity contribution in [3.8, 4) is 11.5 Å². The molecule has 2 N–H and O–H groups in total. The van der Waals surface area contributed by atoms with Gasteiger partial charge in [-0.1, -0.05) is 72.7 Å². The molecule has 0 amide bonds. The minimum atomic E-state index is -0.0653. The Morgan fingerprint density at radius 1 is 0.731 bits per heavy atom. The molecule has 0 radical (unpaired) electrons. The van der Waals surface area contributed by atoms with E-state index in [9.17, 15) is 10.2 Å². The van der Waals surface area contributed by atoms with Crippen LogP contribution in [0.25, 0.3) is 0 Å². The number of hydrogen-bond acceptors (Lipinski definition) is 2. The normalized spacial score (nSPS) is 12.6. The second kappa shape index (κ2) is 7.34. The van der Waals surface area contributed by atoms with Crippen LogP contribution in [0.3, 0.4) is 0 Å². The molecular formula is C24H34O2. The van der Waals surface area contributed by atoms with Gasteiger partial charge in [0.15, 0.2) is 0 Å². The van der Waals surface area contributed by atoms with E-state index < -0.39 is 0 Å². The summed E-state index contributed by atoms with van der Waals surface area (Å²) in [7, 11) is 0. The van der Waals surface area contributed by atoms with Gasteiger partial charge in [0.1, 0.15) is 11.5 Å². The van der Waals surface area contributed by atoms with Crippen LogP contribution in [0.2, 0.25) is 0 Å². The van der Waals surface area contributed by atoms with E-state index in [2.05, 4.69) is 60.6 Å². The molecule has 0 fully saturated rings. The molecule has 0 spiro atoms. The lowest BCUT2D eigenvalue weighted by molar-refractivity contribution is 0.428. The first-order valence-corrected chi connectivity index (χ1v) is 9.70. The molecule has 2 heteroatoms. The van der Waals surface area contributed by atoms with Gasteiger partial charge in [-0.2, -0.15) is 0 Å². The minimum absolute atomic E-state index is 0.0653. The monoisotopic (exact) mass is 354 g/mol. The van der Waals surface area contributed by atoms with E-state index in [0.717, 1.165) is 24.0 Å². The molecule has 0 heterocycles. The number of rotatable bonds is 6. The first-order chi connectivity index (χ1) is 12.0. The lowest BCUT2D eigenvalue weighted by atomic mass is 9.78. The molecule has 142 valence electrons. The number of aromatic hydroxyl groups is 2. The highest BCUT2D eigenvalue weighted by molar-refractivity contribution is 5.47. The lowest BCUT2D eigenvalue weighted by Crippen LogP contribution is -2.17. The van der Waals surface area contributed by atoms with Gasteiger partial charge in [0.2, 0.25) is 0 Å². The van der Waals surface area contributed by atoms with Gasteiger partial charge < -0.3 is 10.2 Å². The van der Waals surface area contributed by atoms with Crippen molar-refractivity contribution in [3.63, 3.8) is 0 Å². The second-order valence-electron chi connectivity index (χ2n) is 8.75. The maximum absolute atomic E-state index is 10.3. The van der Waals surface area contributed by atoms with Gasteiger partial charge in [0.25, 0.3) is 0 Å². The van der Waals surface area contributed by atoms with Crippen LogP contribution in [0.15, 0.2) is 36.4 Å². The second-order valence-corrected chi connectivity index (χ2v) is 8.75. The largest absolute Gasteiger partial charge is 0.508 e. The number of benzene rings is 2. The zero-order valence-corrected chi connectivity index (χ0v) is 17.4. The van der Waals surface area contributed by atoms with Crippen LogP contribution < -0.4 is 0 Å². The molecule has 0 bridgehead atoms. The summed E-state index contributed by atoms with van der Waals surface area (Å²) in [5.74, 6) is 0.923. The summed E-state index contributed by atoms with van der Waals surface area (Å²) in [6.07, 6.45) is 1.93. The maximum Gasteiger partial charge on any atom is 0.119 e. The Hall–Kier alpha value is -1.96. The fourth-order valence-electron chi connectivity index (χ4n) is 3.30. The van der Waals surface area contributed by atoms with Crippen molar-refractivity contribution >= 4 is 0 Å². The van der Waals surface area contributed by atoms with Crippen LogP contribution in [-0.4, -0.2) is 10.2 Å². The van der Waals surface area contributed by atoms with E-state index in [1.54, 1.807) is 0 Å². The summed E-state index contributed by atoms with van der Waals surface area (Å²) in [6, 6.07) is 11.9. The van der Waals surface area contributed by atoms with Crippen LogP contribution in [0.1, 0.15) is 89.5 Å². The van der Waals surface area contributed by atoms with Crippen LogP contribution in [-0.2, 0) is 10.8 Å². The Kier molecular flexibility index (Phi) is 5.75. The summed E-state index contributed by atoms with van der Waals surface area (Å²) in [6.45, 7) is 15.1. The molecule has 2 rings (SSSR count). The van der Waals surface area contributed by atoms with Gasteiger partial charge in [0.05, 0.1) is 0 Å². The predicted octanol–water partition coefficient (Wildman–Crippen LogP) is 6.62. The average molecular weight is 355 g/mol. The summed E-state index contributed by atoms with van der Waals surface area (Å²) >= 11 is 0. The zero-order chi connectivity index (χ0) is 19.7. The SMILES string of the molecule is CCC(C)(C)c1cc(C(C)c2ccc(O)c(C(C)(C)CC)c2)ccc1O. The Bertz CT molecular complexity index is 706. The first kappa shape index (κ1) is 20.4. The lowest BCUT2D eigenvalue weighted by Gasteiger charge is -2.27. The van der Waals surface area contributed by atoms with Gasteiger partial charge in [-0.15, -0.1) is 0 Å². The van der Waals surface area contributed by atoms with E-state index in [1.807, 2.05) is 24.3 Å². The topological polar surface area (TPSA) is 40.5 Å². The molecule has 0 saturated carbocycles. The number of phenols is 2. The molecule has 0 atom stereocenters. The third-order valence-electron chi connectivity index (χ3n) is 6.27. The standard InChI is InChI=1S/C24H34O2/c1-8-23(4,5)19-14-17(10-12-21(19)25)16(3)18-11-13-22(26)20(15-18)24(6,7)9-2/h10-16,25-26H,8-9H2,1-7H3. The van der Waals surface area contributed by atoms with E-state index in [1.165, 1.54) is 11.1 Å². The third-order valence-corrected chi connectivity index (χ3v) is 6.27. The Labute approximate surface area is 158 Å². The van der Waals surface area contributed by atoms with Gasteiger partial charge in [-0.05, 0) is 58.1 Å². The van der Waals surface area contributed by atoms with Gasteiger partial charge in [-0.3, -0.25) is 0 Å². The molecule has 26 heavy (non-hydrogen) atoms. The van der Waals surface area contributed by atoms with Crippen molar-refractivity contribution in [2.45, 2.75) is 78.1 Å². The van der Waals surface area contributed by atoms with E-state index in [-0.39, 0.29) is 16.7 Å². The van der Waals surface area contributed by atoms with Crippen molar-refractivity contribution < 1.29 is 10.2 Å². The average Bonchev–Trinajstić information content (AvgIpc) is 2.61. The van der Waals surface area contributed by atoms with Crippen LogP contribution in [0, 0.1) is 0 Å². The van der Waals surface area contributed by atoms with Crippen molar-refractivity contribution in [1.82, 2.24) is 0 Å². The molecular weight excluding hydrogens is 320 g/mol. The van der Waals surface area contributed by atoms with Crippen LogP contribution in [0.5, 0.6) is 11.5 Å². The summed E-state index contributed by atoms with van der Waals surface area (Å²) < 4.78 is 0. The maximum atomic E-state index is 10.3. The Morgan fingerprint density at radius 3 is 1.38 bits per heavy atom. The molecule has 0 unspecified atom stereocenters. The first-order valence-electron chi connectivity index (χ1n) is 9.70. The number of phenolic OH excluding ortho intramolecular Hbond substituents is 2. The zero-order valence-electron chi connectivity index (χ0n) is 17.4. The van der Waals surface area contributed by atoms with Crippen LogP contribution in [0.4, 0.5) is 0 Å². The highest BCUT2D eigenvalue weighted by Crippen LogP contribution is 2.39.